The number of carbonyl (C=O) groups excluding carboxylic acids is 1. The molecule has 0 radical (unpaired) electrons. The molecule has 2 aliphatic rings. The van der Waals surface area contributed by atoms with Crippen LogP contribution in [-0.4, -0.2) is 66.3 Å². The lowest BCUT2D eigenvalue weighted by Crippen LogP contribution is -2.42. The molecule has 2 aliphatic heterocycles. The summed E-state index contributed by atoms with van der Waals surface area (Å²) in [7, 11) is -3.62. The normalized spacial score (nSPS) is 20.9. The van der Waals surface area contributed by atoms with Gasteiger partial charge in [0.1, 0.15) is 5.82 Å². The Morgan fingerprint density at radius 1 is 1.10 bits per heavy atom. The van der Waals surface area contributed by atoms with E-state index in [-0.39, 0.29) is 22.6 Å². The third-order valence-corrected chi connectivity index (χ3v) is 7.72. The van der Waals surface area contributed by atoms with Crippen molar-refractivity contribution < 1.29 is 22.3 Å². The zero-order valence-corrected chi connectivity index (χ0v) is 17.9. The van der Waals surface area contributed by atoms with E-state index in [9.17, 15) is 17.6 Å². The lowest BCUT2D eigenvalue weighted by molar-refractivity contribution is -0.128. The third kappa shape index (κ3) is 5.19. The third-order valence-electron chi connectivity index (χ3n) is 5.80. The summed E-state index contributed by atoms with van der Waals surface area (Å²) < 4.78 is 45.7. The van der Waals surface area contributed by atoms with Gasteiger partial charge in [-0.05, 0) is 43.0 Å². The predicted octanol–water partition coefficient (Wildman–Crippen LogP) is 1.94. The molecular weight excluding hydrogens is 423 g/mol. The van der Waals surface area contributed by atoms with Gasteiger partial charge in [-0.1, -0.05) is 0 Å². The molecule has 10 heteroatoms. The summed E-state index contributed by atoms with van der Waals surface area (Å²) in [5.41, 5.74) is 0. The van der Waals surface area contributed by atoms with Crippen LogP contribution in [0, 0.1) is 17.7 Å². The van der Waals surface area contributed by atoms with E-state index in [0.717, 1.165) is 12.1 Å². The standard InChI is InChI=1S/C21H25FN4O4S/c22-18-1-3-19(4-2-18)31(28,29)26-9-5-16(6-10-26)13-25-14-17(11-21(25)27)15-30-20-12-23-7-8-24-20/h1-4,7-8,12,16-17H,5-6,9-11,13-15H2. The van der Waals surface area contributed by atoms with Crippen LogP contribution in [0.25, 0.3) is 0 Å². The summed E-state index contributed by atoms with van der Waals surface area (Å²) in [6.45, 7) is 2.46. The van der Waals surface area contributed by atoms with Gasteiger partial charge >= 0.3 is 0 Å². The van der Waals surface area contributed by atoms with E-state index >= 15 is 0 Å². The van der Waals surface area contributed by atoms with Crippen molar-refractivity contribution in [2.45, 2.75) is 24.2 Å². The lowest BCUT2D eigenvalue weighted by Gasteiger charge is -2.33. The molecule has 1 aromatic heterocycles. The minimum Gasteiger partial charge on any atom is -0.476 e. The van der Waals surface area contributed by atoms with Crippen molar-refractivity contribution in [3.8, 4) is 5.88 Å². The van der Waals surface area contributed by atoms with E-state index in [2.05, 4.69) is 9.97 Å². The van der Waals surface area contributed by atoms with Crippen molar-refractivity contribution in [1.29, 1.82) is 0 Å². The van der Waals surface area contributed by atoms with Gasteiger partial charge in [-0.15, -0.1) is 0 Å². The second-order valence-corrected chi connectivity index (χ2v) is 9.96. The predicted molar refractivity (Wildman–Crippen MR) is 110 cm³/mol. The van der Waals surface area contributed by atoms with Crippen molar-refractivity contribution in [3.05, 3.63) is 48.7 Å². The maximum atomic E-state index is 13.1. The summed E-state index contributed by atoms with van der Waals surface area (Å²) in [5.74, 6) is 0.447. The minimum atomic E-state index is -3.62. The van der Waals surface area contributed by atoms with E-state index < -0.39 is 15.8 Å². The molecule has 3 heterocycles. The Kier molecular flexibility index (Phi) is 6.47. The number of carbonyl (C=O) groups is 1. The van der Waals surface area contributed by atoms with E-state index in [1.165, 1.54) is 16.4 Å². The molecule has 2 saturated heterocycles. The van der Waals surface area contributed by atoms with Gasteiger partial charge in [0.05, 0.1) is 17.7 Å². The highest BCUT2D eigenvalue weighted by Gasteiger charge is 2.34. The Labute approximate surface area is 181 Å². The molecule has 1 aromatic carbocycles. The maximum absolute atomic E-state index is 13.1. The number of nitrogens with zero attached hydrogens (tertiary/aromatic N) is 4. The first-order valence-electron chi connectivity index (χ1n) is 10.3. The smallest absolute Gasteiger partial charge is 0.243 e. The van der Waals surface area contributed by atoms with Gasteiger partial charge in [0.15, 0.2) is 0 Å². The molecule has 4 rings (SSSR count). The first-order valence-corrected chi connectivity index (χ1v) is 11.8. The lowest BCUT2D eigenvalue weighted by atomic mass is 9.97. The fourth-order valence-electron chi connectivity index (χ4n) is 4.10. The first kappa shape index (κ1) is 21.6. The highest BCUT2D eigenvalue weighted by Crippen LogP contribution is 2.27. The van der Waals surface area contributed by atoms with Crippen molar-refractivity contribution in [2.24, 2.45) is 11.8 Å². The van der Waals surface area contributed by atoms with Crippen LogP contribution in [-0.2, 0) is 14.8 Å². The number of halogens is 1. The van der Waals surface area contributed by atoms with Crippen LogP contribution in [0.5, 0.6) is 5.88 Å². The van der Waals surface area contributed by atoms with Crippen molar-refractivity contribution >= 4 is 15.9 Å². The Hall–Kier alpha value is -2.59. The number of likely N-dealkylation sites (tertiary alicyclic amines) is 1. The number of benzene rings is 1. The monoisotopic (exact) mass is 448 g/mol. The number of sulfonamides is 1. The van der Waals surface area contributed by atoms with Crippen LogP contribution < -0.4 is 4.74 Å². The van der Waals surface area contributed by atoms with Gasteiger partial charge in [0, 0.05) is 50.9 Å². The highest BCUT2D eigenvalue weighted by atomic mass is 32.2. The molecule has 2 fully saturated rings. The summed E-state index contributed by atoms with van der Waals surface area (Å²) in [6, 6.07) is 4.90. The summed E-state index contributed by atoms with van der Waals surface area (Å²) >= 11 is 0. The molecule has 1 unspecified atom stereocenters. The van der Waals surface area contributed by atoms with Crippen LogP contribution in [0.2, 0.25) is 0 Å². The second kappa shape index (κ2) is 9.27. The molecule has 2 aromatic rings. The van der Waals surface area contributed by atoms with Crippen LogP contribution in [0.1, 0.15) is 19.3 Å². The largest absolute Gasteiger partial charge is 0.476 e. The fraction of sp³-hybridized carbons (Fsp3) is 0.476. The molecule has 166 valence electrons. The Morgan fingerprint density at radius 2 is 1.84 bits per heavy atom. The van der Waals surface area contributed by atoms with Crippen LogP contribution in [0.4, 0.5) is 4.39 Å². The van der Waals surface area contributed by atoms with Gasteiger partial charge in [0.2, 0.25) is 21.8 Å². The molecule has 0 bridgehead atoms. The molecule has 0 aliphatic carbocycles. The minimum absolute atomic E-state index is 0.105. The average Bonchev–Trinajstić information content (AvgIpc) is 3.13. The average molecular weight is 449 g/mol. The number of amides is 1. The second-order valence-electron chi connectivity index (χ2n) is 8.02. The van der Waals surface area contributed by atoms with E-state index in [1.807, 2.05) is 4.90 Å². The number of aromatic nitrogens is 2. The Morgan fingerprint density at radius 3 is 2.52 bits per heavy atom. The number of hydrogen-bond acceptors (Lipinski definition) is 6. The molecule has 31 heavy (non-hydrogen) atoms. The zero-order valence-electron chi connectivity index (χ0n) is 17.1. The van der Waals surface area contributed by atoms with E-state index in [4.69, 9.17) is 4.74 Å². The summed E-state index contributed by atoms with van der Waals surface area (Å²) in [4.78, 5) is 22.4. The number of ether oxygens (including phenoxy) is 1. The quantitative estimate of drug-likeness (QED) is 0.643. The highest BCUT2D eigenvalue weighted by molar-refractivity contribution is 7.89. The van der Waals surface area contributed by atoms with Gasteiger partial charge in [-0.25, -0.2) is 17.8 Å². The summed E-state index contributed by atoms with van der Waals surface area (Å²) in [6.07, 6.45) is 6.49. The van der Waals surface area contributed by atoms with E-state index in [0.29, 0.717) is 57.9 Å². The Balaban J connectivity index is 1.26. The molecule has 0 saturated carbocycles. The fourth-order valence-corrected chi connectivity index (χ4v) is 5.57. The van der Waals surface area contributed by atoms with Crippen LogP contribution >= 0.6 is 0 Å². The first-order chi connectivity index (χ1) is 14.9. The van der Waals surface area contributed by atoms with E-state index in [1.54, 1.807) is 18.6 Å². The number of piperidine rings is 1. The zero-order chi connectivity index (χ0) is 21.8. The maximum Gasteiger partial charge on any atom is 0.243 e. The molecule has 1 atom stereocenters. The molecule has 0 spiro atoms. The van der Waals surface area contributed by atoms with Gasteiger partial charge in [0.25, 0.3) is 0 Å². The topological polar surface area (TPSA) is 92.7 Å². The molecular formula is C21H25FN4O4S. The number of rotatable bonds is 7. The molecule has 0 N–H and O–H groups in total. The molecule has 8 nitrogen and oxygen atoms in total. The Bertz CT molecular complexity index is 996. The van der Waals surface area contributed by atoms with Crippen molar-refractivity contribution in [3.63, 3.8) is 0 Å². The molecule has 1 amide bonds. The van der Waals surface area contributed by atoms with Crippen LogP contribution in [0.3, 0.4) is 0 Å². The number of hydrogen-bond donors (Lipinski definition) is 0. The summed E-state index contributed by atoms with van der Waals surface area (Å²) in [5, 5.41) is 0. The SMILES string of the molecule is O=C1CC(COc2cnccn2)CN1CC1CCN(S(=O)(=O)c2ccc(F)cc2)CC1. The van der Waals surface area contributed by atoms with Gasteiger partial charge in [-0.2, -0.15) is 4.31 Å². The van der Waals surface area contributed by atoms with Gasteiger partial charge < -0.3 is 9.64 Å². The van der Waals surface area contributed by atoms with Gasteiger partial charge in [-0.3, -0.25) is 9.78 Å². The van der Waals surface area contributed by atoms with Crippen LogP contribution in [0.15, 0.2) is 47.8 Å². The van der Waals surface area contributed by atoms with Crippen molar-refractivity contribution in [2.75, 3.05) is 32.8 Å². The van der Waals surface area contributed by atoms with Crippen molar-refractivity contribution in [1.82, 2.24) is 19.2 Å².